The Morgan fingerprint density at radius 3 is 1.77 bits per heavy atom. The van der Waals surface area contributed by atoms with Crippen molar-refractivity contribution in [3.05, 3.63) is 69.6 Å². The van der Waals surface area contributed by atoms with E-state index in [9.17, 15) is 0 Å². The van der Waals surface area contributed by atoms with E-state index >= 15 is 0 Å². The first-order chi connectivity index (χ1) is 12.5. The van der Waals surface area contributed by atoms with Crippen molar-refractivity contribution in [3.63, 3.8) is 0 Å². The van der Waals surface area contributed by atoms with Crippen molar-refractivity contribution in [1.82, 2.24) is 9.97 Å². The largest absolute Gasteiger partial charge is 0.381 e. The Kier molecular flexibility index (Phi) is 4.38. The highest BCUT2D eigenvalue weighted by Crippen LogP contribution is 2.38. The molecule has 4 aromatic rings. The summed E-state index contributed by atoms with van der Waals surface area (Å²) >= 11 is 6.98. The normalized spacial score (nSPS) is 11.0. The molecule has 0 atom stereocenters. The van der Waals surface area contributed by atoms with Gasteiger partial charge in [0.2, 0.25) is 0 Å². The third-order valence-electron chi connectivity index (χ3n) is 4.18. The van der Waals surface area contributed by atoms with Crippen molar-refractivity contribution < 1.29 is 0 Å². The molecular formula is C20H14Br2N4. The van der Waals surface area contributed by atoms with Gasteiger partial charge in [0.25, 0.3) is 0 Å². The van der Waals surface area contributed by atoms with Gasteiger partial charge in [0, 0.05) is 14.5 Å². The number of aromatic nitrogens is 2. The molecule has 0 amide bonds. The van der Waals surface area contributed by atoms with E-state index < -0.39 is 0 Å². The van der Waals surface area contributed by atoms with Gasteiger partial charge < -0.3 is 11.5 Å². The number of nitrogens with zero attached hydrogens (tertiary/aromatic N) is 2. The first kappa shape index (κ1) is 17.0. The monoisotopic (exact) mass is 468 g/mol. The number of hydrogen-bond donors (Lipinski definition) is 2. The third kappa shape index (κ3) is 3.06. The number of nitrogens with two attached hydrogens (primary N) is 2. The minimum absolute atomic E-state index is 0.240. The predicted octanol–water partition coefficient (Wildman–Crippen LogP) is 5.65. The lowest BCUT2D eigenvalue weighted by Gasteiger charge is -2.14. The molecule has 1 aromatic heterocycles. The van der Waals surface area contributed by atoms with Gasteiger partial charge in [-0.25, -0.2) is 9.97 Å². The lowest BCUT2D eigenvalue weighted by molar-refractivity contribution is 1.31. The zero-order chi connectivity index (χ0) is 18.3. The van der Waals surface area contributed by atoms with Crippen LogP contribution >= 0.6 is 31.9 Å². The van der Waals surface area contributed by atoms with Crippen LogP contribution in [0.3, 0.4) is 0 Å². The van der Waals surface area contributed by atoms with Crippen LogP contribution in [0.5, 0.6) is 0 Å². The summed E-state index contributed by atoms with van der Waals surface area (Å²) in [5, 5.41) is 0. The van der Waals surface area contributed by atoms with Crippen molar-refractivity contribution in [1.29, 1.82) is 0 Å². The number of benzene rings is 3. The van der Waals surface area contributed by atoms with Crippen molar-refractivity contribution in [2.45, 2.75) is 0 Å². The molecule has 4 N–H and O–H groups in total. The Morgan fingerprint density at radius 1 is 0.615 bits per heavy atom. The fourth-order valence-corrected chi connectivity index (χ4v) is 3.46. The molecule has 26 heavy (non-hydrogen) atoms. The lowest BCUT2D eigenvalue weighted by Crippen LogP contribution is -2.02. The highest BCUT2D eigenvalue weighted by Gasteiger charge is 2.15. The standard InChI is InChI=1S/C20H14Br2N4/c21-13-5-1-11(2-6-13)15-9-10-16-18(26-20(24)19(23)25-16)17(15)12-3-7-14(22)8-4-12/h1-10H,(H2,23,25)(H2,24,26). The van der Waals surface area contributed by atoms with Crippen LogP contribution in [0, 0.1) is 0 Å². The summed E-state index contributed by atoms with van der Waals surface area (Å²) in [6.07, 6.45) is 0. The molecule has 6 heteroatoms. The molecule has 3 aromatic carbocycles. The molecule has 128 valence electrons. The van der Waals surface area contributed by atoms with Crippen LogP contribution in [0.4, 0.5) is 11.6 Å². The van der Waals surface area contributed by atoms with Gasteiger partial charge in [-0.3, -0.25) is 0 Å². The maximum atomic E-state index is 5.95. The molecule has 1 heterocycles. The Bertz CT molecular complexity index is 1110. The van der Waals surface area contributed by atoms with E-state index in [1.807, 2.05) is 36.4 Å². The fourth-order valence-electron chi connectivity index (χ4n) is 2.93. The molecule has 0 unspecified atom stereocenters. The first-order valence-corrected chi connectivity index (χ1v) is 9.49. The smallest absolute Gasteiger partial charge is 0.166 e. The molecule has 0 fully saturated rings. The van der Waals surface area contributed by atoms with Crippen LogP contribution in [0.25, 0.3) is 33.3 Å². The van der Waals surface area contributed by atoms with Crippen molar-refractivity contribution in [2.24, 2.45) is 0 Å². The Hall–Kier alpha value is -2.44. The highest BCUT2D eigenvalue weighted by atomic mass is 79.9. The zero-order valence-electron chi connectivity index (χ0n) is 13.6. The van der Waals surface area contributed by atoms with E-state index in [4.69, 9.17) is 11.5 Å². The molecule has 4 rings (SSSR count). The van der Waals surface area contributed by atoms with Crippen molar-refractivity contribution in [3.8, 4) is 22.3 Å². The second-order valence-electron chi connectivity index (χ2n) is 5.86. The van der Waals surface area contributed by atoms with Crippen molar-refractivity contribution >= 4 is 54.5 Å². The summed E-state index contributed by atoms with van der Waals surface area (Å²) in [4.78, 5) is 8.95. The minimum Gasteiger partial charge on any atom is -0.381 e. The number of nitrogen functional groups attached to an aromatic ring is 2. The molecular weight excluding hydrogens is 456 g/mol. The summed E-state index contributed by atoms with van der Waals surface area (Å²) in [5.74, 6) is 0.486. The molecule has 0 aliphatic rings. The van der Waals surface area contributed by atoms with Gasteiger partial charge in [-0.05, 0) is 47.0 Å². The van der Waals surface area contributed by atoms with E-state index in [1.54, 1.807) is 0 Å². The molecule has 0 bridgehead atoms. The van der Waals surface area contributed by atoms with Crippen LogP contribution in [-0.2, 0) is 0 Å². The van der Waals surface area contributed by atoms with Gasteiger partial charge in [0.15, 0.2) is 11.6 Å². The van der Waals surface area contributed by atoms with Gasteiger partial charge in [-0.2, -0.15) is 0 Å². The number of rotatable bonds is 2. The topological polar surface area (TPSA) is 77.8 Å². The zero-order valence-corrected chi connectivity index (χ0v) is 16.8. The van der Waals surface area contributed by atoms with Gasteiger partial charge in [0.1, 0.15) is 0 Å². The summed E-state index contributed by atoms with van der Waals surface area (Å²) < 4.78 is 2.05. The second kappa shape index (κ2) is 6.70. The lowest BCUT2D eigenvalue weighted by atomic mass is 9.93. The van der Waals surface area contributed by atoms with Crippen LogP contribution in [-0.4, -0.2) is 9.97 Å². The van der Waals surface area contributed by atoms with Crippen molar-refractivity contribution in [2.75, 3.05) is 11.5 Å². The Labute approximate surface area is 167 Å². The summed E-state index contributed by atoms with van der Waals surface area (Å²) in [6, 6.07) is 20.3. The van der Waals surface area contributed by atoms with Gasteiger partial charge in [-0.1, -0.05) is 62.2 Å². The highest BCUT2D eigenvalue weighted by molar-refractivity contribution is 9.10. The van der Waals surface area contributed by atoms with Crippen LogP contribution in [0.1, 0.15) is 0 Å². The molecule has 4 nitrogen and oxygen atoms in total. The Balaban J connectivity index is 2.08. The van der Waals surface area contributed by atoms with E-state index in [0.29, 0.717) is 0 Å². The summed E-state index contributed by atoms with van der Waals surface area (Å²) in [5.41, 5.74) is 17.4. The fraction of sp³-hybridized carbons (Fsp3) is 0. The molecule has 0 saturated heterocycles. The SMILES string of the molecule is Nc1nc2ccc(-c3ccc(Br)cc3)c(-c3ccc(Br)cc3)c2nc1N. The Morgan fingerprint density at radius 2 is 1.15 bits per heavy atom. The maximum absolute atomic E-state index is 5.95. The van der Waals surface area contributed by atoms with E-state index in [2.05, 4.69) is 66.1 Å². The summed E-state index contributed by atoms with van der Waals surface area (Å²) in [6.45, 7) is 0. The van der Waals surface area contributed by atoms with E-state index in [0.717, 1.165) is 42.2 Å². The maximum Gasteiger partial charge on any atom is 0.166 e. The number of halogens is 2. The quantitative estimate of drug-likeness (QED) is 0.397. The summed E-state index contributed by atoms with van der Waals surface area (Å²) in [7, 11) is 0. The number of fused-ring (bicyclic) bond motifs is 1. The molecule has 0 spiro atoms. The van der Waals surface area contributed by atoms with Gasteiger partial charge in [-0.15, -0.1) is 0 Å². The molecule has 0 radical (unpaired) electrons. The van der Waals surface area contributed by atoms with Gasteiger partial charge >= 0.3 is 0 Å². The van der Waals surface area contributed by atoms with Crippen LogP contribution < -0.4 is 11.5 Å². The predicted molar refractivity (Wildman–Crippen MR) is 115 cm³/mol. The van der Waals surface area contributed by atoms with Gasteiger partial charge in [0.05, 0.1) is 11.0 Å². The molecule has 0 saturated carbocycles. The van der Waals surface area contributed by atoms with Crippen LogP contribution in [0.2, 0.25) is 0 Å². The average Bonchev–Trinajstić information content (AvgIpc) is 2.64. The first-order valence-electron chi connectivity index (χ1n) is 7.90. The van der Waals surface area contributed by atoms with Crippen LogP contribution in [0.15, 0.2) is 69.6 Å². The second-order valence-corrected chi connectivity index (χ2v) is 7.70. The number of anilines is 2. The molecule has 0 aliphatic carbocycles. The minimum atomic E-state index is 0.240. The number of hydrogen-bond acceptors (Lipinski definition) is 4. The van der Waals surface area contributed by atoms with E-state index in [-0.39, 0.29) is 11.6 Å². The average molecular weight is 470 g/mol. The van der Waals surface area contributed by atoms with E-state index in [1.165, 1.54) is 0 Å². The molecule has 0 aliphatic heterocycles. The third-order valence-corrected chi connectivity index (χ3v) is 5.24.